The summed E-state index contributed by atoms with van der Waals surface area (Å²) >= 11 is 3.36. The third-order valence-electron chi connectivity index (χ3n) is 3.79. The zero-order valence-electron chi connectivity index (χ0n) is 14.0. The molecule has 0 saturated heterocycles. The van der Waals surface area contributed by atoms with Crippen LogP contribution in [-0.4, -0.2) is 22.1 Å². The third-order valence-corrected chi connectivity index (χ3v) is 4.28. The van der Waals surface area contributed by atoms with E-state index in [0.717, 1.165) is 10.0 Å². The molecule has 1 N–H and O–H groups in total. The Morgan fingerprint density at radius 2 is 2.08 bits per heavy atom. The van der Waals surface area contributed by atoms with Crippen LogP contribution < -0.4 is 10.1 Å². The highest BCUT2D eigenvalue weighted by Crippen LogP contribution is 2.21. The van der Waals surface area contributed by atoms with Gasteiger partial charge in [0.05, 0.1) is 0 Å². The van der Waals surface area contributed by atoms with Crippen molar-refractivity contribution in [2.75, 3.05) is 6.61 Å². The molecule has 1 heterocycles. The summed E-state index contributed by atoms with van der Waals surface area (Å²) in [5.41, 5.74) is 0.733. The minimum atomic E-state index is -0.505. The van der Waals surface area contributed by atoms with E-state index in [9.17, 15) is 9.18 Å². The van der Waals surface area contributed by atoms with E-state index < -0.39 is 6.04 Å². The van der Waals surface area contributed by atoms with Gasteiger partial charge in [-0.15, -0.1) is 0 Å². The van der Waals surface area contributed by atoms with E-state index in [4.69, 9.17) is 4.74 Å². The summed E-state index contributed by atoms with van der Waals surface area (Å²) in [6, 6.07) is 12.7. The molecule has 1 atom stereocenters. The van der Waals surface area contributed by atoms with Crippen LogP contribution in [0, 0.1) is 5.82 Å². The Morgan fingerprint density at radius 1 is 1.31 bits per heavy atom. The van der Waals surface area contributed by atoms with Crippen molar-refractivity contribution < 1.29 is 13.9 Å². The molecule has 0 aliphatic rings. The first-order valence-electron chi connectivity index (χ1n) is 7.93. The summed E-state index contributed by atoms with van der Waals surface area (Å²) in [5.74, 6) is 0.594. The van der Waals surface area contributed by atoms with Crippen molar-refractivity contribution in [2.45, 2.75) is 6.04 Å². The van der Waals surface area contributed by atoms with Gasteiger partial charge in [-0.1, -0.05) is 34.1 Å². The number of aryl methyl sites for hydroxylation is 1. The van der Waals surface area contributed by atoms with Crippen LogP contribution in [0.1, 0.15) is 17.4 Å². The highest BCUT2D eigenvalue weighted by Gasteiger charge is 2.21. The van der Waals surface area contributed by atoms with Crippen LogP contribution in [0.3, 0.4) is 0 Å². The van der Waals surface area contributed by atoms with Gasteiger partial charge >= 0.3 is 0 Å². The van der Waals surface area contributed by atoms with E-state index in [1.54, 1.807) is 36.7 Å². The normalized spacial score (nSPS) is 11.8. The lowest BCUT2D eigenvalue weighted by Gasteiger charge is -2.19. The molecule has 2 aromatic carbocycles. The molecule has 0 fully saturated rings. The summed E-state index contributed by atoms with van der Waals surface area (Å²) in [7, 11) is 1.84. The number of amides is 1. The standard InChI is InChI=1S/C19H17BrFN3O2/c1-24-10-9-22-19(24)18(13-5-7-15(21)8-6-13)23-17(25)12-26-16-4-2-3-14(20)11-16/h2-11,18H,12H2,1H3,(H,23,25). The van der Waals surface area contributed by atoms with Crippen molar-refractivity contribution in [1.29, 1.82) is 0 Å². The van der Waals surface area contributed by atoms with Crippen LogP contribution in [-0.2, 0) is 11.8 Å². The highest BCUT2D eigenvalue weighted by atomic mass is 79.9. The number of carbonyl (C=O) groups is 1. The number of carbonyl (C=O) groups excluding carboxylic acids is 1. The fourth-order valence-corrected chi connectivity index (χ4v) is 2.89. The molecule has 3 rings (SSSR count). The number of hydrogen-bond donors (Lipinski definition) is 1. The number of ether oxygens (including phenoxy) is 1. The lowest BCUT2D eigenvalue weighted by molar-refractivity contribution is -0.123. The maximum Gasteiger partial charge on any atom is 0.258 e. The predicted molar refractivity (Wildman–Crippen MR) is 99.2 cm³/mol. The Labute approximate surface area is 159 Å². The van der Waals surface area contributed by atoms with Crippen LogP contribution in [0.4, 0.5) is 4.39 Å². The number of halogens is 2. The van der Waals surface area contributed by atoms with Crippen LogP contribution in [0.5, 0.6) is 5.75 Å². The van der Waals surface area contributed by atoms with Crippen molar-refractivity contribution in [3.63, 3.8) is 0 Å². The molecule has 1 unspecified atom stereocenters. The van der Waals surface area contributed by atoms with Gasteiger partial charge in [0, 0.05) is 23.9 Å². The monoisotopic (exact) mass is 417 g/mol. The predicted octanol–water partition coefficient (Wildman–Crippen LogP) is 3.61. The lowest BCUT2D eigenvalue weighted by atomic mass is 10.1. The molecule has 0 aliphatic heterocycles. The number of rotatable bonds is 6. The Bertz CT molecular complexity index is 896. The Balaban J connectivity index is 1.74. The van der Waals surface area contributed by atoms with E-state index in [2.05, 4.69) is 26.2 Å². The van der Waals surface area contributed by atoms with Crippen molar-refractivity contribution in [3.05, 3.63) is 82.6 Å². The molecule has 7 heteroatoms. The first-order chi connectivity index (χ1) is 12.5. The molecule has 0 bridgehead atoms. The Kier molecular flexibility index (Phi) is 5.68. The zero-order chi connectivity index (χ0) is 18.5. The van der Waals surface area contributed by atoms with E-state index in [0.29, 0.717) is 11.6 Å². The van der Waals surface area contributed by atoms with Crippen molar-refractivity contribution in [2.24, 2.45) is 7.05 Å². The SMILES string of the molecule is Cn1ccnc1C(NC(=O)COc1cccc(Br)c1)c1ccc(F)cc1. The quantitative estimate of drug-likeness (QED) is 0.666. The number of aromatic nitrogens is 2. The molecule has 0 radical (unpaired) electrons. The average Bonchev–Trinajstić information content (AvgIpc) is 3.05. The minimum absolute atomic E-state index is 0.140. The molecule has 26 heavy (non-hydrogen) atoms. The summed E-state index contributed by atoms with van der Waals surface area (Å²) in [6.45, 7) is -0.140. The summed E-state index contributed by atoms with van der Waals surface area (Å²) < 4.78 is 21.4. The van der Waals surface area contributed by atoms with Gasteiger partial charge in [-0.25, -0.2) is 9.37 Å². The highest BCUT2D eigenvalue weighted by molar-refractivity contribution is 9.10. The lowest BCUT2D eigenvalue weighted by Crippen LogP contribution is -2.34. The number of nitrogens with one attached hydrogen (secondary N) is 1. The molecule has 0 spiro atoms. The van der Waals surface area contributed by atoms with Crippen molar-refractivity contribution in [3.8, 4) is 5.75 Å². The first kappa shape index (κ1) is 18.1. The van der Waals surface area contributed by atoms with E-state index in [-0.39, 0.29) is 18.3 Å². The van der Waals surface area contributed by atoms with Crippen molar-refractivity contribution >= 4 is 21.8 Å². The second-order valence-corrected chi connectivity index (χ2v) is 6.61. The minimum Gasteiger partial charge on any atom is -0.484 e. The topological polar surface area (TPSA) is 56.2 Å². The summed E-state index contributed by atoms with van der Waals surface area (Å²) in [4.78, 5) is 16.7. The summed E-state index contributed by atoms with van der Waals surface area (Å²) in [6.07, 6.45) is 3.44. The van der Waals surface area contributed by atoms with E-state index in [1.165, 1.54) is 12.1 Å². The molecule has 0 saturated carbocycles. The molecule has 5 nitrogen and oxygen atoms in total. The molecule has 3 aromatic rings. The largest absolute Gasteiger partial charge is 0.484 e. The van der Waals surface area contributed by atoms with Crippen LogP contribution in [0.25, 0.3) is 0 Å². The maximum atomic E-state index is 13.2. The maximum absolute atomic E-state index is 13.2. The fraction of sp³-hybridized carbons (Fsp3) is 0.158. The van der Waals surface area contributed by atoms with Gasteiger partial charge < -0.3 is 14.6 Å². The number of imidazole rings is 1. The van der Waals surface area contributed by atoms with Gasteiger partial charge in [0.25, 0.3) is 5.91 Å². The summed E-state index contributed by atoms with van der Waals surface area (Å²) in [5, 5.41) is 2.90. The van der Waals surface area contributed by atoms with Gasteiger partial charge in [-0.05, 0) is 35.9 Å². The van der Waals surface area contributed by atoms with Gasteiger partial charge in [0.2, 0.25) is 0 Å². The molecular formula is C19H17BrFN3O2. The molecule has 1 amide bonds. The number of benzene rings is 2. The van der Waals surface area contributed by atoms with Gasteiger partial charge in [-0.2, -0.15) is 0 Å². The van der Waals surface area contributed by atoms with Crippen LogP contribution in [0.15, 0.2) is 65.4 Å². The molecule has 134 valence electrons. The average molecular weight is 418 g/mol. The second-order valence-electron chi connectivity index (χ2n) is 5.69. The van der Waals surface area contributed by atoms with E-state index in [1.807, 2.05) is 23.7 Å². The van der Waals surface area contributed by atoms with Crippen LogP contribution >= 0.6 is 15.9 Å². The smallest absolute Gasteiger partial charge is 0.258 e. The molecule has 0 aliphatic carbocycles. The Morgan fingerprint density at radius 3 is 2.73 bits per heavy atom. The Hall–Kier alpha value is -2.67. The first-order valence-corrected chi connectivity index (χ1v) is 8.72. The number of nitrogens with zero attached hydrogens (tertiary/aromatic N) is 2. The molecular weight excluding hydrogens is 401 g/mol. The van der Waals surface area contributed by atoms with Gasteiger partial charge in [-0.3, -0.25) is 4.79 Å². The fourth-order valence-electron chi connectivity index (χ4n) is 2.52. The van der Waals surface area contributed by atoms with Gasteiger partial charge in [0.15, 0.2) is 6.61 Å². The third kappa shape index (κ3) is 4.49. The zero-order valence-corrected chi connectivity index (χ0v) is 15.6. The van der Waals surface area contributed by atoms with Crippen molar-refractivity contribution in [1.82, 2.24) is 14.9 Å². The van der Waals surface area contributed by atoms with Crippen LogP contribution in [0.2, 0.25) is 0 Å². The van der Waals surface area contributed by atoms with Gasteiger partial charge in [0.1, 0.15) is 23.4 Å². The second kappa shape index (κ2) is 8.14. The molecule has 1 aromatic heterocycles. The number of hydrogen-bond acceptors (Lipinski definition) is 3. The van der Waals surface area contributed by atoms with E-state index >= 15 is 0 Å².